The molecule has 0 spiro atoms. The topological polar surface area (TPSA) is 90.6 Å². The Labute approximate surface area is 138 Å². The molecule has 7 nitrogen and oxygen atoms in total. The van der Waals surface area contributed by atoms with Crippen LogP contribution in [0.25, 0.3) is 10.2 Å². The van der Waals surface area contributed by atoms with E-state index in [1.807, 2.05) is 13.0 Å². The van der Waals surface area contributed by atoms with E-state index >= 15 is 0 Å². The summed E-state index contributed by atoms with van der Waals surface area (Å²) in [6.07, 6.45) is 0. The Hall–Kier alpha value is -2.45. The summed E-state index contributed by atoms with van der Waals surface area (Å²) in [6, 6.07) is 5.99. The number of nitro groups is 1. The van der Waals surface area contributed by atoms with Crippen LogP contribution in [0.4, 0.5) is 5.88 Å². The lowest BCUT2D eigenvalue weighted by atomic mass is 10.2. The molecule has 118 valence electrons. The third-order valence-corrected chi connectivity index (χ3v) is 4.53. The molecular weight excluding hydrogens is 342 g/mol. The fourth-order valence-corrected chi connectivity index (χ4v) is 3.73. The maximum absolute atomic E-state index is 12.1. The Morgan fingerprint density at radius 1 is 1.43 bits per heavy atom. The van der Waals surface area contributed by atoms with Crippen LogP contribution in [0.15, 0.2) is 33.7 Å². The molecule has 0 aliphatic heterocycles. The second-order valence-corrected chi connectivity index (χ2v) is 6.27. The number of hydrogen-bond donors (Lipinski definition) is 0. The average Bonchev–Trinajstić information content (AvgIpc) is 3.05. The summed E-state index contributed by atoms with van der Waals surface area (Å²) < 4.78 is 7.54. The van der Waals surface area contributed by atoms with Crippen LogP contribution in [0.1, 0.15) is 16.1 Å². The SMILES string of the molecule is Cc1cc(Cl)cc2sc(=NC(=O)c3ccc([N+](=O)[O-])o3)n(C)c12. The Bertz CT molecular complexity index is 1010. The molecule has 0 aliphatic carbocycles. The molecule has 0 bridgehead atoms. The lowest BCUT2D eigenvalue weighted by molar-refractivity contribution is -0.402. The zero-order valence-electron chi connectivity index (χ0n) is 12.1. The molecule has 3 rings (SSSR count). The van der Waals surface area contributed by atoms with Crippen molar-refractivity contribution in [2.75, 3.05) is 0 Å². The van der Waals surface area contributed by atoms with Crippen molar-refractivity contribution in [3.8, 4) is 0 Å². The maximum atomic E-state index is 12.1. The second kappa shape index (κ2) is 5.64. The zero-order chi connectivity index (χ0) is 16.7. The number of benzene rings is 1. The van der Waals surface area contributed by atoms with Gasteiger partial charge in [-0.25, -0.2) is 0 Å². The normalized spacial score (nSPS) is 12.0. The van der Waals surface area contributed by atoms with Gasteiger partial charge in [0, 0.05) is 12.1 Å². The summed E-state index contributed by atoms with van der Waals surface area (Å²) in [5, 5.41) is 11.2. The summed E-state index contributed by atoms with van der Waals surface area (Å²) in [4.78, 5) is 26.4. The number of halogens is 1. The van der Waals surface area contributed by atoms with E-state index in [9.17, 15) is 14.9 Å². The Morgan fingerprint density at radius 3 is 2.83 bits per heavy atom. The molecule has 0 N–H and O–H groups in total. The highest BCUT2D eigenvalue weighted by Gasteiger charge is 2.17. The van der Waals surface area contributed by atoms with Crippen LogP contribution < -0.4 is 4.80 Å². The molecule has 0 radical (unpaired) electrons. The number of rotatable bonds is 2. The Balaban J connectivity index is 2.10. The summed E-state index contributed by atoms with van der Waals surface area (Å²) in [5.74, 6) is -1.35. The fourth-order valence-electron chi connectivity index (χ4n) is 2.26. The first-order chi connectivity index (χ1) is 10.9. The molecule has 3 aromatic rings. The standard InChI is InChI=1S/C14H10ClN3O4S/c1-7-5-8(15)6-10-12(7)17(2)14(23-10)16-13(19)9-3-4-11(22-9)18(20)21/h3-6H,1-2H3. The predicted octanol–water partition coefficient (Wildman–Crippen LogP) is 3.44. The van der Waals surface area contributed by atoms with Crippen molar-refractivity contribution in [1.29, 1.82) is 0 Å². The molecule has 9 heteroatoms. The quantitative estimate of drug-likeness (QED) is 0.522. The van der Waals surface area contributed by atoms with Gasteiger partial charge in [-0.2, -0.15) is 4.99 Å². The molecule has 0 aliphatic rings. The summed E-state index contributed by atoms with van der Waals surface area (Å²) >= 11 is 7.34. The molecule has 0 unspecified atom stereocenters. The number of carbonyl (C=O) groups excluding carboxylic acids is 1. The minimum absolute atomic E-state index is 0.177. The summed E-state index contributed by atoms with van der Waals surface area (Å²) in [6.45, 7) is 1.92. The van der Waals surface area contributed by atoms with Gasteiger partial charge in [0.2, 0.25) is 5.76 Å². The number of nitrogens with zero attached hydrogens (tertiary/aromatic N) is 3. The number of thiazole rings is 1. The lowest BCUT2D eigenvalue weighted by Gasteiger charge is -2.00. The monoisotopic (exact) mass is 351 g/mol. The third-order valence-electron chi connectivity index (χ3n) is 3.23. The van der Waals surface area contributed by atoms with Crippen LogP contribution in [-0.2, 0) is 7.05 Å². The highest BCUT2D eigenvalue weighted by atomic mass is 35.5. The molecule has 1 amide bonds. The number of carbonyl (C=O) groups is 1. The molecule has 0 fully saturated rings. The number of aromatic nitrogens is 1. The maximum Gasteiger partial charge on any atom is 0.433 e. The van der Waals surface area contributed by atoms with Gasteiger partial charge in [0.25, 0.3) is 0 Å². The average molecular weight is 352 g/mol. The Kier molecular flexibility index (Phi) is 3.78. The summed E-state index contributed by atoms with van der Waals surface area (Å²) in [7, 11) is 1.79. The number of aryl methyl sites for hydroxylation is 2. The van der Waals surface area contributed by atoms with Gasteiger partial charge in [-0.05, 0) is 30.7 Å². The third kappa shape index (κ3) is 2.78. The van der Waals surface area contributed by atoms with Crippen LogP contribution >= 0.6 is 22.9 Å². The van der Waals surface area contributed by atoms with Crippen molar-refractivity contribution in [3.05, 3.63) is 55.5 Å². The minimum Gasteiger partial charge on any atom is -0.395 e. The highest BCUT2D eigenvalue weighted by molar-refractivity contribution is 7.16. The van der Waals surface area contributed by atoms with Crippen molar-refractivity contribution in [1.82, 2.24) is 4.57 Å². The second-order valence-electron chi connectivity index (χ2n) is 4.83. The van der Waals surface area contributed by atoms with Gasteiger partial charge in [-0.15, -0.1) is 0 Å². The van der Waals surface area contributed by atoms with Gasteiger partial charge in [-0.3, -0.25) is 14.9 Å². The largest absolute Gasteiger partial charge is 0.433 e. The van der Waals surface area contributed by atoms with E-state index < -0.39 is 16.7 Å². The molecule has 2 heterocycles. The van der Waals surface area contributed by atoms with Gasteiger partial charge in [0.1, 0.15) is 4.92 Å². The van der Waals surface area contributed by atoms with Crippen LogP contribution in [0.5, 0.6) is 0 Å². The highest BCUT2D eigenvalue weighted by Crippen LogP contribution is 2.25. The molecule has 0 saturated heterocycles. The van der Waals surface area contributed by atoms with E-state index in [1.165, 1.54) is 17.4 Å². The van der Waals surface area contributed by atoms with E-state index in [-0.39, 0.29) is 5.76 Å². The van der Waals surface area contributed by atoms with E-state index in [0.717, 1.165) is 21.8 Å². The number of fused-ring (bicyclic) bond motifs is 1. The van der Waals surface area contributed by atoms with Gasteiger partial charge in [0.15, 0.2) is 4.80 Å². The molecule has 23 heavy (non-hydrogen) atoms. The van der Waals surface area contributed by atoms with E-state index in [4.69, 9.17) is 16.0 Å². The van der Waals surface area contributed by atoms with E-state index in [1.54, 1.807) is 17.7 Å². The Morgan fingerprint density at radius 2 is 2.17 bits per heavy atom. The van der Waals surface area contributed by atoms with Crippen molar-refractivity contribution >= 4 is 44.9 Å². The predicted molar refractivity (Wildman–Crippen MR) is 85.8 cm³/mol. The minimum atomic E-state index is -0.707. The van der Waals surface area contributed by atoms with Crippen molar-refractivity contribution < 1.29 is 14.1 Å². The molecule has 2 aromatic heterocycles. The zero-order valence-corrected chi connectivity index (χ0v) is 13.6. The van der Waals surface area contributed by atoms with Crippen LogP contribution in [-0.4, -0.2) is 15.4 Å². The first-order valence-electron chi connectivity index (χ1n) is 6.46. The van der Waals surface area contributed by atoms with Crippen LogP contribution in [0.2, 0.25) is 5.02 Å². The van der Waals surface area contributed by atoms with Crippen molar-refractivity contribution in [2.45, 2.75) is 6.92 Å². The number of furan rings is 1. The molecule has 0 atom stereocenters. The fraction of sp³-hybridized carbons (Fsp3) is 0.143. The van der Waals surface area contributed by atoms with Crippen LogP contribution in [0, 0.1) is 17.0 Å². The smallest absolute Gasteiger partial charge is 0.395 e. The first-order valence-corrected chi connectivity index (χ1v) is 7.65. The van der Waals surface area contributed by atoms with Crippen molar-refractivity contribution in [2.24, 2.45) is 12.0 Å². The van der Waals surface area contributed by atoms with E-state index in [0.29, 0.717) is 9.82 Å². The molecule has 1 aromatic carbocycles. The lowest BCUT2D eigenvalue weighted by Crippen LogP contribution is -2.13. The number of amides is 1. The van der Waals surface area contributed by atoms with Gasteiger partial charge >= 0.3 is 11.8 Å². The first kappa shape index (κ1) is 15.4. The van der Waals surface area contributed by atoms with Crippen molar-refractivity contribution in [3.63, 3.8) is 0 Å². The number of hydrogen-bond acceptors (Lipinski definition) is 5. The van der Waals surface area contributed by atoms with Crippen LogP contribution in [0.3, 0.4) is 0 Å². The van der Waals surface area contributed by atoms with Gasteiger partial charge in [-0.1, -0.05) is 22.9 Å². The van der Waals surface area contributed by atoms with E-state index in [2.05, 4.69) is 4.99 Å². The molecular formula is C14H10ClN3O4S. The van der Waals surface area contributed by atoms with Gasteiger partial charge < -0.3 is 8.98 Å². The van der Waals surface area contributed by atoms with Gasteiger partial charge in [0.05, 0.1) is 16.3 Å². The summed E-state index contributed by atoms with van der Waals surface area (Å²) in [5.41, 5.74) is 1.89. The molecule has 0 saturated carbocycles.